The summed E-state index contributed by atoms with van der Waals surface area (Å²) >= 11 is 0. The van der Waals surface area contributed by atoms with Crippen LogP contribution in [0.3, 0.4) is 0 Å². The fraction of sp³-hybridized carbons (Fsp3) is 0.643. The van der Waals surface area contributed by atoms with Gasteiger partial charge in [0.15, 0.2) is 0 Å². The fourth-order valence-electron chi connectivity index (χ4n) is 3.14. The van der Waals surface area contributed by atoms with Gasteiger partial charge in [-0.2, -0.15) is 0 Å². The van der Waals surface area contributed by atoms with Crippen molar-refractivity contribution in [2.24, 2.45) is 29.2 Å². The van der Waals surface area contributed by atoms with Gasteiger partial charge < -0.3 is 31.7 Å². The van der Waals surface area contributed by atoms with Crippen LogP contribution in [-0.2, 0) is 30.6 Å². The standard InChI is InChI=1S/C14H19NO4.C8H18N2O2.C6H13NO2/c1-10(2)8-12(13(16)17)15-14(18)19-9-11-6-4-3-5-7-11;1-6(2)5-7(9)8(11)10(3)12-4;1-4(2)3-5(7)6(8)9/h3-7,10,12H,8-9H2,1-2H3,(H,15,18)(H,16,17);6-7H,5,9H2,1-4H3;4-5H,3,7H2,1-2H3,(H,8,9)/t12-;7-;5-/m000/s1. The topological polar surface area (TPSA) is 195 Å². The Morgan fingerprint density at radius 1 is 0.825 bits per heavy atom. The number of aliphatic carboxylic acids is 2. The Kier molecular flexibility index (Phi) is 21.0. The van der Waals surface area contributed by atoms with Gasteiger partial charge in [-0.15, -0.1) is 0 Å². The van der Waals surface area contributed by atoms with Gasteiger partial charge in [0.1, 0.15) is 18.7 Å². The number of likely N-dealkylation sites (N-methyl/N-ethyl adjacent to an activating group) is 1. The average molecular weight is 571 g/mol. The first-order valence-electron chi connectivity index (χ1n) is 13.3. The van der Waals surface area contributed by atoms with Crippen LogP contribution in [0, 0.1) is 17.8 Å². The van der Waals surface area contributed by atoms with Crippen LogP contribution in [0.15, 0.2) is 30.3 Å². The number of hydrogen-bond donors (Lipinski definition) is 5. The Labute approximate surface area is 238 Å². The first-order chi connectivity index (χ1) is 18.5. The second kappa shape index (κ2) is 21.6. The number of nitrogens with one attached hydrogen (secondary N) is 1. The summed E-state index contributed by atoms with van der Waals surface area (Å²) in [6.45, 7) is 11.9. The number of amides is 2. The van der Waals surface area contributed by atoms with Crippen LogP contribution in [0.4, 0.5) is 4.79 Å². The van der Waals surface area contributed by atoms with Crippen molar-refractivity contribution in [1.82, 2.24) is 10.4 Å². The Bertz CT molecular complexity index is 865. The summed E-state index contributed by atoms with van der Waals surface area (Å²) in [7, 11) is 3.00. The zero-order valence-electron chi connectivity index (χ0n) is 25.1. The van der Waals surface area contributed by atoms with Gasteiger partial charge >= 0.3 is 18.0 Å². The van der Waals surface area contributed by atoms with E-state index in [4.69, 9.17) is 31.3 Å². The van der Waals surface area contributed by atoms with E-state index in [9.17, 15) is 19.2 Å². The number of nitrogens with two attached hydrogens (primary N) is 2. The van der Waals surface area contributed by atoms with E-state index in [0.717, 1.165) is 10.6 Å². The SMILES string of the molecule is CC(C)C[C@H](N)C(=O)O.CC(C)C[C@H](NC(=O)OCc1ccccc1)C(=O)O.CON(C)C(=O)[C@@H](N)CC(C)C. The molecule has 1 aromatic rings. The van der Waals surface area contributed by atoms with E-state index in [0.29, 0.717) is 31.1 Å². The van der Waals surface area contributed by atoms with Crippen molar-refractivity contribution >= 4 is 23.9 Å². The molecule has 0 aromatic heterocycles. The average Bonchev–Trinajstić information content (AvgIpc) is 2.86. The number of benzene rings is 1. The molecule has 0 heterocycles. The van der Waals surface area contributed by atoms with Crippen molar-refractivity contribution in [3.8, 4) is 0 Å². The predicted molar refractivity (Wildman–Crippen MR) is 153 cm³/mol. The highest BCUT2D eigenvalue weighted by atomic mass is 16.7. The van der Waals surface area contributed by atoms with Gasteiger partial charge in [-0.25, -0.2) is 14.7 Å². The van der Waals surface area contributed by atoms with Gasteiger partial charge in [-0.05, 0) is 42.6 Å². The summed E-state index contributed by atoms with van der Waals surface area (Å²) in [4.78, 5) is 48.6. The maximum atomic E-state index is 11.5. The molecule has 0 unspecified atom stereocenters. The molecule has 7 N–H and O–H groups in total. The van der Waals surface area contributed by atoms with Crippen LogP contribution >= 0.6 is 0 Å². The first-order valence-corrected chi connectivity index (χ1v) is 13.3. The first kappa shape index (κ1) is 38.9. The minimum absolute atomic E-state index is 0.126. The number of carbonyl (C=O) groups is 4. The summed E-state index contributed by atoms with van der Waals surface area (Å²) in [6.07, 6.45) is 0.898. The van der Waals surface area contributed by atoms with Gasteiger partial charge in [0.05, 0.1) is 13.2 Å². The smallest absolute Gasteiger partial charge is 0.408 e. The molecule has 230 valence electrons. The number of rotatable bonds is 13. The van der Waals surface area contributed by atoms with Crippen LogP contribution in [0.25, 0.3) is 0 Å². The van der Waals surface area contributed by atoms with E-state index in [1.54, 1.807) is 7.05 Å². The second-order valence-electron chi connectivity index (χ2n) is 10.6. The number of carboxylic acids is 2. The molecule has 0 saturated carbocycles. The van der Waals surface area contributed by atoms with Crippen LogP contribution in [0.5, 0.6) is 0 Å². The van der Waals surface area contributed by atoms with Crippen LogP contribution in [-0.4, -0.2) is 71.5 Å². The lowest BCUT2D eigenvalue weighted by Crippen LogP contribution is -2.41. The Morgan fingerprint density at radius 3 is 1.68 bits per heavy atom. The highest BCUT2D eigenvalue weighted by Gasteiger charge is 2.22. The third-order valence-corrected chi connectivity index (χ3v) is 5.18. The number of hydroxylamine groups is 2. The molecule has 0 bridgehead atoms. The highest BCUT2D eigenvalue weighted by molar-refractivity contribution is 5.80. The Balaban J connectivity index is 0. The summed E-state index contributed by atoms with van der Waals surface area (Å²) in [6, 6.07) is 7.16. The molecule has 0 saturated heterocycles. The van der Waals surface area contributed by atoms with E-state index < -0.39 is 36.2 Å². The van der Waals surface area contributed by atoms with E-state index >= 15 is 0 Å². The van der Waals surface area contributed by atoms with Crippen LogP contribution in [0.2, 0.25) is 0 Å². The van der Waals surface area contributed by atoms with Crippen molar-refractivity contribution < 1.29 is 39.0 Å². The van der Waals surface area contributed by atoms with Gasteiger partial charge in [0.2, 0.25) is 0 Å². The lowest BCUT2D eigenvalue weighted by molar-refractivity contribution is -0.170. The van der Waals surface area contributed by atoms with E-state index in [-0.39, 0.29) is 18.4 Å². The van der Waals surface area contributed by atoms with Crippen molar-refractivity contribution in [3.05, 3.63) is 35.9 Å². The van der Waals surface area contributed by atoms with Gasteiger partial charge in [-0.3, -0.25) is 14.4 Å². The van der Waals surface area contributed by atoms with Crippen molar-refractivity contribution in [2.75, 3.05) is 14.2 Å². The van der Waals surface area contributed by atoms with Gasteiger partial charge in [0, 0.05) is 7.05 Å². The fourth-order valence-corrected chi connectivity index (χ4v) is 3.14. The number of carbonyl (C=O) groups excluding carboxylic acids is 2. The number of hydrogen-bond acceptors (Lipinski definition) is 8. The van der Waals surface area contributed by atoms with Crippen molar-refractivity contribution in [3.63, 3.8) is 0 Å². The third kappa shape index (κ3) is 20.7. The molecule has 1 aromatic carbocycles. The molecule has 12 nitrogen and oxygen atoms in total. The molecule has 0 spiro atoms. The van der Waals surface area contributed by atoms with Crippen molar-refractivity contribution in [2.45, 2.75) is 85.5 Å². The maximum Gasteiger partial charge on any atom is 0.408 e. The molecule has 12 heteroatoms. The zero-order chi connectivity index (χ0) is 31.4. The van der Waals surface area contributed by atoms with Gasteiger partial charge in [-0.1, -0.05) is 71.9 Å². The molecular weight excluding hydrogens is 520 g/mol. The predicted octanol–water partition coefficient (Wildman–Crippen LogP) is 3.24. The third-order valence-electron chi connectivity index (χ3n) is 5.18. The minimum Gasteiger partial charge on any atom is -0.480 e. The zero-order valence-corrected chi connectivity index (χ0v) is 25.1. The summed E-state index contributed by atoms with van der Waals surface area (Å²) in [5, 5.41) is 20.8. The summed E-state index contributed by atoms with van der Waals surface area (Å²) < 4.78 is 4.98. The Morgan fingerprint density at radius 2 is 1.30 bits per heavy atom. The second-order valence-corrected chi connectivity index (χ2v) is 10.6. The lowest BCUT2D eigenvalue weighted by atomic mass is 10.0. The number of carboxylic acid groups (broad SMARTS) is 2. The molecule has 1 rings (SSSR count). The Hall–Kier alpha value is -3.22. The number of ether oxygens (including phenoxy) is 1. The molecule has 0 aliphatic heterocycles. The highest BCUT2D eigenvalue weighted by Crippen LogP contribution is 2.07. The molecule has 0 fully saturated rings. The maximum absolute atomic E-state index is 11.5. The molecular formula is C28H50N4O8. The normalized spacial score (nSPS) is 12.7. The molecule has 0 radical (unpaired) electrons. The number of nitrogens with zero attached hydrogens (tertiary/aromatic N) is 1. The summed E-state index contributed by atoms with van der Waals surface area (Å²) in [5.74, 6) is -1.18. The van der Waals surface area contributed by atoms with Crippen LogP contribution in [0.1, 0.15) is 66.4 Å². The quantitative estimate of drug-likeness (QED) is 0.220. The lowest BCUT2D eigenvalue weighted by Gasteiger charge is -2.19. The monoisotopic (exact) mass is 570 g/mol. The number of alkyl carbamates (subject to hydrolysis) is 1. The van der Waals surface area contributed by atoms with E-state index in [2.05, 4.69) is 5.32 Å². The molecule has 40 heavy (non-hydrogen) atoms. The van der Waals surface area contributed by atoms with Crippen LogP contribution < -0.4 is 16.8 Å². The van der Waals surface area contributed by atoms with Crippen molar-refractivity contribution in [1.29, 1.82) is 0 Å². The largest absolute Gasteiger partial charge is 0.480 e. The molecule has 0 aliphatic rings. The molecule has 3 atom stereocenters. The van der Waals surface area contributed by atoms with E-state index in [1.165, 1.54) is 7.11 Å². The van der Waals surface area contributed by atoms with Gasteiger partial charge in [0.25, 0.3) is 5.91 Å². The molecule has 0 aliphatic carbocycles. The van der Waals surface area contributed by atoms with E-state index in [1.807, 2.05) is 71.9 Å². The minimum atomic E-state index is -1.05. The summed E-state index contributed by atoms with van der Waals surface area (Å²) in [5.41, 5.74) is 11.7. The molecule has 2 amide bonds.